The molecule has 0 heterocycles. The predicted molar refractivity (Wildman–Crippen MR) is 128 cm³/mol. The second-order valence-corrected chi connectivity index (χ2v) is 11.8. The number of amides is 1. The lowest BCUT2D eigenvalue weighted by atomic mass is 9.48. The summed E-state index contributed by atoms with van der Waals surface area (Å²) >= 11 is 11.8. The Morgan fingerprint density at radius 3 is 2.58 bits per heavy atom. The standard InChI is InChI=1S/C25H40Cl2N2O2/c1-24-9-7-18(30)15-17(24)3-4-19-20-5-6-22(25(20,2)10-8-21(19)24)28-23(31)16-29(13-11-26)14-12-27/h3,18-22,30H,4-16H2,1-2H3,(H,28,31)/t18-,19-,20-,21-,22+,24-,25-/m0/s1. The molecule has 4 rings (SSSR count). The number of nitrogens with zero attached hydrogens (tertiary/aromatic N) is 1. The number of rotatable bonds is 7. The van der Waals surface area contributed by atoms with Crippen molar-refractivity contribution in [3.8, 4) is 0 Å². The molecule has 0 spiro atoms. The van der Waals surface area contributed by atoms with Crippen molar-refractivity contribution >= 4 is 29.1 Å². The van der Waals surface area contributed by atoms with Crippen LogP contribution in [0.4, 0.5) is 0 Å². The second-order valence-electron chi connectivity index (χ2n) is 11.1. The Labute approximate surface area is 198 Å². The number of hydrogen-bond acceptors (Lipinski definition) is 3. The molecule has 4 aliphatic rings. The first-order valence-corrected chi connectivity index (χ1v) is 13.4. The Balaban J connectivity index is 1.44. The number of allylic oxidation sites excluding steroid dienone is 1. The van der Waals surface area contributed by atoms with Gasteiger partial charge in [0.2, 0.25) is 5.91 Å². The number of carbonyl (C=O) groups excluding carboxylic acids is 1. The van der Waals surface area contributed by atoms with E-state index in [1.165, 1.54) is 24.8 Å². The molecule has 0 aromatic rings. The SMILES string of the molecule is C[C@]12CC[C@H]3[C@@H](CC=C4C[C@@H](O)CC[C@@]43C)[C@@H]1CC[C@H]2NC(=O)CN(CCCl)CCCl. The van der Waals surface area contributed by atoms with Crippen LogP contribution in [0.25, 0.3) is 0 Å². The van der Waals surface area contributed by atoms with Gasteiger partial charge in [-0.15, -0.1) is 23.2 Å². The van der Waals surface area contributed by atoms with Crippen molar-refractivity contribution in [2.45, 2.75) is 77.4 Å². The Hall–Kier alpha value is -0.290. The maximum atomic E-state index is 12.9. The van der Waals surface area contributed by atoms with E-state index in [4.69, 9.17) is 23.2 Å². The van der Waals surface area contributed by atoms with E-state index in [-0.39, 0.29) is 28.9 Å². The van der Waals surface area contributed by atoms with Crippen LogP contribution in [0.15, 0.2) is 11.6 Å². The van der Waals surface area contributed by atoms with Crippen molar-refractivity contribution < 1.29 is 9.90 Å². The summed E-state index contributed by atoms with van der Waals surface area (Å²) in [6.45, 7) is 6.68. The van der Waals surface area contributed by atoms with Crippen molar-refractivity contribution in [2.75, 3.05) is 31.4 Å². The number of aliphatic hydroxyl groups is 1. The molecular formula is C25H40Cl2N2O2. The number of aliphatic hydroxyl groups excluding tert-OH is 1. The van der Waals surface area contributed by atoms with Gasteiger partial charge in [0.15, 0.2) is 0 Å². The maximum Gasteiger partial charge on any atom is 0.234 e. The largest absolute Gasteiger partial charge is 0.393 e. The van der Waals surface area contributed by atoms with Gasteiger partial charge in [0.25, 0.3) is 0 Å². The normalized spacial score (nSPS) is 41.9. The summed E-state index contributed by atoms with van der Waals surface area (Å²) in [5.41, 5.74) is 1.99. The van der Waals surface area contributed by atoms with E-state index >= 15 is 0 Å². The quantitative estimate of drug-likeness (QED) is 0.422. The van der Waals surface area contributed by atoms with Crippen LogP contribution in [0.1, 0.15) is 65.2 Å². The number of nitrogens with one attached hydrogen (secondary N) is 1. The first kappa shape index (κ1) is 23.9. The second kappa shape index (κ2) is 9.52. The molecule has 0 radical (unpaired) electrons. The summed E-state index contributed by atoms with van der Waals surface area (Å²) in [7, 11) is 0. The van der Waals surface area contributed by atoms with E-state index in [9.17, 15) is 9.90 Å². The zero-order chi connectivity index (χ0) is 22.2. The van der Waals surface area contributed by atoms with Crippen LogP contribution in [-0.2, 0) is 4.79 Å². The van der Waals surface area contributed by atoms with Gasteiger partial charge in [-0.2, -0.15) is 0 Å². The molecule has 176 valence electrons. The highest BCUT2D eigenvalue weighted by atomic mass is 35.5. The minimum Gasteiger partial charge on any atom is -0.393 e. The molecule has 0 unspecified atom stereocenters. The van der Waals surface area contributed by atoms with Crippen molar-refractivity contribution in [3.63, 3.8) is 0 Å². The fourth-order valence-electron chi connectivity index (χ4n) is 7.83. The molecule has 7 atom stereocenters. The van der Waals surface area contributed by atoms with Crippen molar-refractivity contribution in [2.24, 2.45) is 28.6 Å². The van der Waals surface area contributed by atoms with Crippen LogP contribution in [0.5, 0.6) is 0 Å². The molecule has 1 amide bonds. The summed E-state index contributed by atoms with van der Waals surface area (Å²) in [5, 5.41) is 13.6. The Bertz CT molecular complexity index is 695. The minimum atomic E-state index is -0.145. The van der Waals surface area contributed by atoms with E-state index in [2.05, 4.69) is 25.2 Å². The minimum absolute atomic E-state index is 0.114. The van der Waals surface area contributed by atoms with Crippen LogP contribution in [0, 0.1) is 28.6 Å². The fourth-order valence-corrected chi connectivity index (χ4v) is 8.31. The molecule has 0 aromatic heterocycles. The number of halogens is 2. The molecule has 0 saturated heterocycles. The van der Waals surface area contributed by atoms with E-state index in [1.807, 2.05) is 4.90 Å². The van der Waals surface area contributed by atoms with Crippen LogP contribution < -0.4 is 5.32 Å². The first-order chi connectivity index (χ1) is 14.8. The number of carbonyl (C=O) groups is 1. The molecule has 4 aliphatic carbocycles. The summed E-state index contributed by atoms with van der Waals surface area (Å²) in [6.07, 6.45) is 11.2. The third-order valence-corrected chi connectivity index (χ3v) is 9.92. The van der Waals surface area contributed by atoms with Gasteiger partial charge in [-0.3, -0.25) is 9.69 Å². The van der Waals surface area contributed by atoms with E-state index < -0.39 is 0 Å². The average molecular weight is 472 g/mol. The van der Waals surface area contributed by atoms with Crippen molar-refractivity contribution in [3.05, 3.63) is 11.6 Å². The van der Waals surface area contributed by atoms with Crippen LogP contribution in [0.3, 0.4) is 0 Å². The smallest absolute Gasteiger partial charge is 0.234 e. The first-order valence-electron chi connectivity index (χ1n) is 12.3. The van der Waals surface area contributed by atoms with E-state index in [1.54, 1.807) is 0 Å². The maximum absolute atomic E-state index is 12.9. The van der Waals surface area contributed by atoms with E-state index in [0.717, 1.165) is 38.0 Å². The van der Waals surface area contributed by atoms with Gasteiger partial charge < -0.3 is 10.4 Å². The molecule has 6 heteroatoms. The van der Waals surface area contributed by atoms with Crippen LogP contribution in [-0.4, -0.2) is 59.5 Å². The Morgan fingerprint density at radius 2 is 1.87 bits per heavy atom. The number of fused-ring (bicyclic) bond motifs is 5. The van der Waals surface area contributed by atoms with Gasteiger partial charge in [-0.25, -0.2) is 0 Å². The van der Waals surface area contributed by atoms with Crippen molar-refractivity contribution in [1.29, 1.82) is 0 Å². The van der Waals surface area contributed by atoms with Gasteiger partial charge in [0.1, 0.15) is 0 Å². The predicted octanol–water partition coefficient (Wildman–Crippen LogP) is 4.57. The molecule has 31 heavy (non-hydrogen) atoms. The summed E-state index contributed by atoms with van der Waals surface area (Å²) in [6, 6.07) is 0.270. The Morgan fingerprint density at radius 1 is 1.13 bits per heavy atom. The van der Waals surface area contributed by atoms with Crippen LogP contribution in [0.2, 0.25) is 0 Å². The van der Waals surface area contributed by atoms with Gasteiger partial charge in [0, 0.05) is 30.9 Å². The Kier molecular flexibility index (Phi) is 7.33. The zero-order valence-electron chi connectivity index (χ0n) is 19.2. The zero-order valence-corrected chi connectivity index (χ0v) is 20.7. The average Bonchev–Trinajstić information content (AvgIpc) is 3.05. The molecule has 0 aliphatic heterocycles. The van der Waals surface area contributed by atoms with Gasteiger partial charge >= 0.3 is 0 Å². The number of hydrogen-bond donors (Lipinski definition) is 2. The summed E-state index contributed by atoms with van der Waals surface area (Å²) in [4.78, 5) is 14.9. The number of alkyl halides is 2. The fraction of sp³-hybridized carbons (Fsp3) is 0.880. The highest BCUT2D eigenvalue weighted by Crippen LogP contribution is 2.64. The third-order valence-electron chi connectivity index (χ3n) is 9.58. The van der Waals surface area contributed by atoms with Gasteiger partial charge in [-0.1, -0.05) is 25.5 Å². The van der Waals surface area contributed by atoms with Crippen LogP contribution >= 0.6 is 23.2 Å². The topological polar surface area (TPSA) is 52.6 Å². The summed E-state index contributed by atoms with van der Waals surface area (Å²) < 4.78 is 0. The molecular weight excluding hydrogens is 431 g/mol. The molecule has 2 N–H and O–H groups in total. The lowest BCUT2D eigenvalue weighted by Crippen LogP contribution is -2.54. The van der Waals surface area contributed by atoms with Crippen molar-refractivity contribution in [1.82, 2.24) is 10.2 Å². The molecule has 4 nitrogen and oxygen atoms in total. The summed E-state index contributed by atoms with van der Waals surface area (Å²) in [5.74, 6) is 3.27. The highest BCUT2D eigenvalue weighted by molar-refractivity contribution is 6.18. The molecule has 0 aromatic carbocycles. The highest BCUT2D eigenvalue weighted by Gasteiger charge is 2.58. The van der Waals surface area contributed by atoms with E-state index in [0.29, 0.717) is 43.2 Å². The molecule has 0 bridgehead atoms. The third kappa shape index (κ3) is 4.44. The molecule has 3 saturated carbocycles. The van der Waals surface area contributed by atoms with Gasteiger partial charge in [-0.05, 0) is 80.0 Å². The lowest BCUT2D eigenvalue weighted by molar-refractivity contribution is -0.124. The van der Waals surface area contributed by atoms with Gasteiger partial charge in [0.05, 0.1) is 12.6 Å². The monoisotopic (exact) mass is 470 g/mol. The molecule has 3 fully saturated rings. The lowest BCUT2D eigenvalue weighted by Gasteiger charge is -2.58.